The fourth-order valence-electron chi connectivity index (χ4n) is 1.26. The number of rotatable bonds is 4. The van der Waals surface area contributed by atoms with Crippen molar-refractivity contribution in [3.05, 3.63) is 23.8 Å². The Morgan fingerprint density at radius 2 is 2.12 bits per heavy atom. The molecule has 0 amide bonds. The molecule has 5 heteroatoms. The van der Waals surface area contributed by atoms with Crippen molar-refractivity contribution in [3.63, 3.8) is 0 Å². The van der Waals surface area contributed by atoms with E-state index in [1.54, 1.807) is 18.2 Å². The smallest absolute Gasteiger partial charge is 0.236 e. The highest BCUT2D eigenvalue weighted by atomic mass is 16.5. The van der Waals surface area contributed by atoms with E-state index >= 15 is 0 Å². The molecule has 0 saturated heterocycles. The van der Waals surface area contributed by atoms with Crippen LogP contribution < -0.4 is 9.47 Å². The van der Waals surface area contributed by atoms with E-state index < -0.39 is 6.04 Å². The maximum atomic E-state index is 10.2. The quantitative estimate of drug-likeness (QED) is 0.568. The van der Waals surface area contributed by atoms with Crippen LogP contribution in [0.3, 0.4) is 0 Å². The lowest BCUT2D eigenvalue weighted by molar-refractivity contribution is 0.390. The molecule has 0 aliphatic rings. The molecule has 0 N–H and O–H groups in total. The Morgan fingerprint density at radius 1 is 1.38 bits per heavy atom. The van der Waals surface area contributed by atoms with E-state index in [1.165, 1.54) is 20.3 Å². The molecule has 5 nitrogen and oxygen atoms in total. The molecule has 16 heavy (non-hydrogen) atoms. The Labute approximate surface area is 92.9 Å². The molecule has 0 aromatic heterocycles. The van der Waals surface area contributed by atoms with Gasteiger partial charge in [0.05, 0.1) is 20.3 Å². The number of nitriles is 1. The number of carbonyl (C=O) groups excluding carboxylic acids is 1. The summed E-state index contributed by atoms with van der Waals surface area (Å²) in [5.74, 6) is 1.05. The van der Waals surface area contributed by atoms with Gasteiger partial charge in [-0.1, -0.05) is 0 Å². The number of isocyanates is 1. The van der Waals surface area contributed by atoms with Crippen LogP contribution in [0.2, 0.25) is 0 Å². The summed E-state index contributed by atoms with van der Waals surface area (Å²) in [6.45, 7) is 0. The van der Waals surface area contributed by atoms with Crippen LogP contribution in [0.4, 0.5) is 0 Å². The second-order valence-electron chi connectivity index (χ2n) is 2.86. The number of hydrogen-bond donors (Lipinski definition) is 0. The minimum absolute atomic E-state index is 0.449. The molecule has 0 fully saturated rings. The van der Waals surface area contributed by atoms with Crippen LogP contribution in [0.15, 0.2) is 23.2 Å². The van der Waals surface area contributed by atoms with Crippen LogP contribution in [0.1, 0.15) is 11.6 Å². The van der Waals surface area contributed by atoms with Gasteiger partial charge in [0.2, 0.25) is 6.08 Å². The molecule has 0 spiro atoms. The van der Waals surface area contributed by atoms with Gasteiger partial charge in [0.15, 0.2) is 6.04 Å². The van der Waals surface area contributed by atoms with Crippen LogP contribution in [-0.4, -0.2) is 20.3 Å². The van der Waals surface area contributed by atoms with Gasteiger partial charge in [0, 0.05) is 11.6 Å². The lowest BCUT2D eigenvalue weighted by atomic mass is 10.1. The predicted molar refractivity (Wildman–Crippen MR) is 56.0 cm³/mol. The Hall–Kier alpha value is -2.31. The van der Waals surface area contributed by atoms with Crippen molar-refractivity contribution in [2.45, 2.75) is 6.04 Å². The molecule has 1 aromatic carbocycles. The number of hydrogen-bond acceptors (Lipinski definition) is 5. The molecule has 0 aliphatic heterocycles. The van der Waals surface area contributed by atoms with E-state index in [9.17, 15) is 4.79 Å². The fourth-order valence-corrected chi connectivity index (χ4v) is 1.26. The third-order valence-corrected chi connectivity index (χ3v) is 2.04. The Morgan fingerprint density at radius 3 is 2.62 bits per heavy atom. The minimum atomic E-state index is -0.904. The lowest BCUT2D eigenvalue weighted by Gasteiger charge is -2.10. The van der Waals surface area contributed by atoms with Crippen molar-refractivity contribution >= 4 is 6.08 Å². The van der Waals surface area contributed by atoms with Crippen molar-refractivity contribution in [1.82, 2.24) is 0 Å². The van der Waals surface area contributed by atoms with Crippen LogP contribution in [-0.2, 0) is 4.79 Å². The van der Waals surface area contributed by atoms with Gasteiger partial charge in [-0.05, 0) is 12.1 Å². The van der Waals surface area contributed by atoms with E-state index in [4.69, 9.17) is 14.7 Å². The molecular weight excluding hydrogens is 208 g/mol. The number of nitrogens with zero attached hydrogens (tertiary/aromatic N) is 2. The Kier molecular flexibility index (Phi) is 4.07. The highest BCUT2D eigenvalue weighted by molar-refractivity contribution is 5.46. The van der Waals surface area contributed by atoms with Crippen molar-refractivity contribution in [2.24, 2.45) is 4.99 Å². The molecule has 0 heterocycles. The first-order chi connectivity index (χ1) is 7.76. The third kappa shape index (κ3) is 2.38. The van der Waals surface area contributed by atoms with E-state index in [1.807, 2.05) is 6.07 Å². The highest BCUT2D eigenvalue weighted by Crippen LogP contribution is 2.30. The normalized spacial score (nSPS) is 10.8. The number of aliphatic imine (C=N–C) groups is 1. The maximum Gasteiger partial charge on any atom is 0.236 e. The predicted octanol–water partition coefficient (Wildman–Crippen LogP) is 1.60. The van der Waals surface area contributed by atoms with E-state index in [2.05, 4.69) is 4.99 Å². The van der Waals surface area contributed by atoms with Crippen molar-refractivity contribution in [3.8, 4) is 17.6 Å². The summed E-state index contributed by atoms with van der Waals surface area (Å²) in [6, 6.07) is 5.90. The molecule has 0 saturated carbocycles. The van der Waals surface area contributed by atoms with Crippen LogP contribution in [0.5, 0.6) is 11.5 Å². The second kappa shape index (κ2) is 5.54. The zero-order valence-corrected chi connectivity index (χ0v) is 8.93. The first-order valence-electron chi connectivity index (χ1n) is 4.45. The van der Waals surface area contributed by atoms with E-state index in [-0.39, 0.29) is 0 Å². The summed E-state index contributed by atoms with van der Waals surface area (Å²) in [5, 5.41) is 8.85. The summed E-state index contributed by atoms with van der Waals surface area (Å²) in [4.78, 5) is 13.6. The minimum Gasteiger partial charge on any atom is -0.497 e. The standard InChI is InChI=1S/C11H10N2O3/c1-15-8-3-4-9(11(5-8)16-2)10(6-12)13-7-14/h3-5,10H,1-2H3. The molecule has 0 aliphatic carbocycles. The fraction of sp³-hybridized carbons (Fsp3) is 0.273. The van der Waals surface area contributed by atoms with Gasteiger partial charge in [-0.25, -0.2) is 4.79 Å². The van der Waals surface area contributed by atoms with Gasteiger partial charge < -0.3 is 9.47 Å². The monoisotopic (exact) mass is 218 g/mol. The van der Waals surface area contributed by atoms with Gasteiger partial charge in [-0.3, -0.25) is 0 Å². The molecule has 1 rings (SSSR count). The topological polar surface area (TPSA) is 71.7 Å². The summed E-state index contributed by atoms with van der Waals surface area (Å²) >= 11 is 0. The number of benzene rings is 1. The average molecular weight is 218 g/mol. The van der Waals surface area contributed by atoms with Crippen molar-refractivity contribution in [1.29, 1.82) is 5.26 Å². The maximum absolute atomic E-state index is 10.2. The molecule has 1 atom stereocenters. The van der Waals surface area contributed by atoms with Crippen molar-refractivity contribution in [2.75, 3.05) is 14.2 Å². The second-order valence-corrected chi connectivity index (χ2v) is 2.86. The molecule has 82 valence electrons. The summed E-state index contributed by atoms with van der Waals surface area (Å²) in [6.07, 6.45) is 1.36. The molecule has 1 aromatic rings. The Balaban J connectivity index is 3.22. The van der Waals surface area contributed by atoms with Crippen LogP contribution in [0.25, 0.3) is 0 Å². The van der Waals surface area contributed by atoms with Crippen molar-refractivity contribution < 1.29 is 14.3 Å². The van der Waals surface area contributed by atoms with E-state index in [0.29, 0.717) is 17.1 Å². The average Bonchev–Trinajstić information content (AvgIpc) is 2.35. The SMILES string of the molecule is COc1ccc(C(C#N)N=C=O)c(OC)c1. The summed E-state index contributed by atoms with van der Waals surface area (Å²) in [5.41, 5.74) is 0.508. The summed E-state index contributed by atoms with van der Waals surface area (Å²) in [7, 11) is 3.00. The first kappa shape index (κ1) is 11.8. The zero-order valence-electron chi connectivity index (χ0n) is 8.93. The van der Waals surface area contributed by atoms with Gasteiger partial charge >= 0.3 is 0 Å². The van der Waals surface area contributed by atoms with Gasteiger partial charge in [-0.2, -0.15) is 10.3 Å². The first-order valence-corrected chi connectivity index (χ1v) is 4.45. The third-order valence-electron chi connectivity index (χ3n) is 2.04. The van der Waals surface area contributed by atoms with Crippen LogP contribution in [0, 0.1) is 11.3 Å². The van der Waals surface area contributed by atoms with Gasteiger partial charge in [0.1, 0.15) is 11.5 Å². The highest BCUT2D eigenvalue weighted by Gasteiger charge is 2.15. The lowest BCUT2D eigenvalue weighted by Crippen LogP contribution is -1.97. The van der Waals surface area contributed by atoms with Crippen LogP contribution >= 0.6 is 0 Å². The molecular formula is C11H10N2O3. The molecule has 1 unspecified atom stereocenters. The van der Waals surface area contributed by atoms with E-state index in [0.717, 1.165) is 0 Å². The number of ether oxygens (including phenoxy) is 2. The Bertz CT molecular complexity index is 459. The zero-order chi connectivity index (χ0) is 12.0. The number of methoxy groups -OCH3 is 2. The van der Waals surface area contributed by atoms with Gasteiger partial charge in [-0.15, -0.1) is 0 Å². The molecule has 0 radical (unpaired) electrons. The summed E-state index contributed by atoms with van der Waals surface area (Å²) < 4.78 is 10.1. The molecule has 0 bridgehead atoms. The van der Waals surface area contributed by atoms with Gasteiger partial charge in [0.25, 0.3) is 0 Å². The largest absolute Gasteiger partial charge is 0.497 e.